The van der Waals surface area contributed by atoms with Crippen LogP contribution in [-0.4, -0.2) is 101 Å². The molecular formula is C41H51N9O4. The van der Waals surface area contributed by atoms with Crippen molar-refractivity contribution in [1.29, 1.82) is 5.26 Å². The molecule has 0 saturated carbocycles. The maximum atomic E-state index is 13.4. The van der Waals surface area contributed by atoms with Crippen LogP contribution in [0, 0.1) is 18.3 Å². The summed E-state index contributed by atoms with van der Waals surface area (Å²) in [7, 11) is 2.15. The molecule has 3 fully saturated rings. The van der Waals surface area contributed by atoms with Crippen molar-refractivity contribution in [3.05, 3.63) is 71.0 Å². The molecule has 4 aromatic rings. The highest BCUT2D eigenvalue weighted by atomic mass is 16.6. The second-order valence-corrected chi connectivity index (χ2v) is 15.1. The molecule has 0 aliphatic carbocycles. The van der Waals surface area contributed by atoms with Crippen LogP contribution in [0.5, 0.6) is 6.01 Å². The summed E-state index contributed by atoms with van der Waals surface area (Å²) in [6, 6.07) is 16.7. The average molecular weight is 734 g/mol. The molecule has 3 saturated heterocycles. The second kappa shape index (κ2) is 16.2. The molecule has 2 aromatic heterocycles. The topological polar surface area (TPSA) is 125 Å². The Hall–Kier alpha value is -4.93. The van der Waals surface area contributed by atoms with Crippen LogP contribution in [0.4, 0.5) is 16.3 Å². The number of benzene rings is 2. The Kier molecular flexibility index (Phi) is 10.8. The van der Waals surface area contributed by atoms with Crippen LogP contribution in [0.3, 0.4) is 0 Å². The van der Waals surface area contributed by atoms with Crippen LogP contribution in [0.25, 0.3) is 10.9 Å². The van der Waals surface area contributed by atoms with E-state index in [0.717, 1.165) is 98.2 Å². The highest BCUT2D eigenvalue weighted by Crippen LogP contribution is 2.38. The smallest absolute Gasteiger partial charge is 0.410 e. The maximum absolute atomic E-state index is 13.4. The number of anilines is 2. The number of carbonyl (C=O) groups is 1. The van der Waals surface area contributed by atoms with Crippen molar-refractivity contribution in [3.63, 3.8) is 0 Å². The lowest BCUT2D eigenvalue weighted by atomic mass is 10.1. The first kappa shape index (κ1) is 36.1. The fourth-order valence-corrected chi connectivity index (χ4v) is 8.62. The van der Waals surface area contributed by atoms with Gasteiger partial charge in [0.1, 0.15) is 19.0 Å². The van der Waals surface area contributed by atoms with Gasteiger partial charge in [0.15, 0.2) is 6.23 Å². The van der Waals surface area contributed by atoms with Gasteiger partial charge in [-0.05, 0) is 82.7 Å². The normalized spacial score (nSPS) is 22.2. The van der Waals surface area contributed by atoms with Crippen molar-refractivity contribution < 1.29 is 19.0 Å². The minimum absolute atomic E-state index is 0.0402. The van der Waals surface area contributed by atoms with E-state index in [0.29, 0.717) is 44.8 Å². The zero-order chi connectivity index (χ0) is 37.0. The third-order valence-corrected chi connectivity index (χ3v) is 11.6. The highest BCUT2D eigenvalue weighted by molar-refractivity contribution is 5.94. The molecule has 54 heavy (non-hydrogen) atoms. The van der Waals surface area contributed by atoms with E-state index in [-0.39, 0.29) is 25.3 Å². The van der Waals surface area contributed by atoms with Gasteiger partial charge in [-0.25, -0.2) is 9.48 Å². The third-order valence-electron chi connectivity index (χ3n) is 11.6. The molecule has 6 heterocycles. The number of nitriles is 1. The molecule has 3 atom stereocenters. The number of rotatable bonds is 9. The van der Waals surface area contributed by atoms with Gasteiger partial charge in [0, 0.05) is 49.8 Å². The monoisotopic (exact) mass is 733 g/mol. The molecule has 1 unspecified atom stereocenters. The lowest BCUT2D eigenvalue weighted by molar-refractivity contribution is -0.0366. The first-order valence-electron chi connectivity index (χ1n) is 19.6. The third kappa shape index (κ3) is 7.54. The van der Waals surface area contributed by atoms with Gasteiger partial charge in [-0.2, -0.15) is 20.3 Å². The Bertz CT molecular complexity index is 1970. The summed E-state index contributed by atoms with van der Waals surface area (Å²) in [5.74, 6) is 0.842. The average Bonchev–Trinajstić information content (AvgIpc) is 3.76. The summed E-state index contributed by atoms with van der Waals surface area (Å²) < 4.78 is 20.4. The summed E-state index contributed by atoms with van der Waals surface area (Å²) in [6.07, 6.45) is 8.92. The van der Waals surface area contributed by atoms with Gasteiger partial charge >= 0.3 is 12.1 Å². The number of likely N-dealkylation sites (N-methyl/N-ethyl adjacent to an activating group) is 1. The van der Waals surface area contributed by atoms with E-state index in [1.165, 1.54) is 11.3 Å². The van der Waals surface area contributed by atoms with Crippen LogP contribution in [0.2, 0.25) is 0 Å². The first-order chi connectivity index (χ1) is 26.5. The highest BCUT2D eigenvalue weighted by Gasteiger charge is 2.35. The number of fused-ring (bicyclic) bond motifs is 2. The summed E-state index contributed by atoms with van der Waals surface area (Å²) in [5, 5.41) is 15.8. The fourth-order valence-electron chi connectivity index (χ4n) is 8.62. The maximum Gasteiger partial charge on any atom is 0.410 e. The minimum Gasteiger partial charge on any atom is -0.462 e. The number of likely N-dealkylation sites (tertiary alicyclic amines) is 1. The molecule has 13 heteroatoms. The van der Waals surface area contributed by atoms with E-state index in [4.69, 9.17) is 29.3 Å². The Morgan fingerprint density at radius 1 is 0.981 bits per heavy atom. The molecule has 0 N–H and O–H groups in total. The molecule has 0 spiro atoms. The SMILES string of the molecule is Cc1ccc2c(cnn2C2CCCCO2)c1N1CCCc2c(nc(OC[C@@H]3CCCN3C)nc2N2CCN(C(=O)OCc3ccccc3)[C@@H](CC#N)C2)C1. The molecule has 4 aliphatic rings. The zero-order valence-corrected chi connectivity index (χ0v) is 31.5. The van der Waals surface area contributed by atoms with Gasteiger partial charge in [-0.1, -0.05) is 36.4 Å². The zero-order valence-electron chi connectivity index (χ0n) is 31.5. The van der Waals surface area contributed by atoms with Crippen molar-refractivity contribution in [2.24, 2.45) is 0 Å². The number of amides is 1. The minimum atomic E-state index is -0.400. The van der Waals surface area contributed by atoms with Crippen LogP contribution in [0.1, 0.15) is 73.6 Å². The molecule has 4 aliphatic heterocycles. The Balaban J connectivity index is 1.09. The Morgan fingerprint density at radius 3 is 2.67 bits per heavy atom. The number of aromatic nitrogens is 4. The van der Waals surface area contributed by atoms with E-state index in [1.807, 2.05) is 36.5 Å². The molecule has 2 aromatic carbocycles. The number of ether oxygens (including phenoxy) is 3. The van der Waals surface area contributed by atoms with Gasteiger partial charge < -0.3 is 33.8 Å². The fraction of sp³-hybridized carbons (Fsp3) is 0.537. The van der Waals surface area contributed by atoms with Crippen molar-refractivity contribution in [2.75, 3.05) is 62.8 Å². The quantitative estimate of drug-likeness (QED) is 0.201. The van der Waals surface area contributed by atoms with Crippen LogP contribution in [0.15, 0.2) is 48.7 Å². The molecule has 13 nitrogen and oxygen atoms in total. The summed E-state index contributed by atoms with van der Waals surface area (Å²) in [4.78, 5) is 32.3. The van der Waals surface area contributed by atoms with Gasteiger partial charge in [-0.15, -0.1) is 0 Å². The van der Waals surface area contributed by atoms with E-state index < -0.39 is 6.09 Å². The summed E-state index contributed by atoms with van der Waals surface area (Å²) in [5.41, 5.74) is 6.44. The van der Waals surface area contributed by atoms with Crippen LogP contribution >= 0.6 is 0 Å². The number of hydrogen-bond donors (Lipinski definition) is 0. The molecule has 1 amide bonds. The summed E-state index contributed by atoms with van der Waals surface area (Å²) >= 11 is 0. The number of nitrogens with zero attached hydrogens (tertiary/aromatic N) is 9. The van der Waals surface area contributed by atoms with Gasteiger partial charge in [-0.3, -0.25) is 0 Å². The van der Waals surface area contributed by atoms with E-state index in [1.54, 1.807) is 4.90 Å². The number of aryl methyl sites for hydroxylation is 1. The predicted octanol–water partition coefficient (Wildman–Crippen LogP) is 6.00. The molecule has 0 radical (unpaired) electrons. The van der Waals surface area contributed by atoms with Crippen molar-refractivity contribution in [1.82, 2.24) is 29.5 Å². The number of piperazine rings is 1. The van der Waals surface area contributed by atoms with E-state index in [9.17, 15) is 10.1 Å². The molecule has 8 rings (SSSR count). The first-order valence-corrected chi connectivity index (χ1v) is 19.6. The largest absolute Gasteiger partial charge is 0.462 e. The van der Waals surface area contributed by atoms with Crippen LogP contribution in [-0.2, 0) is 29.0 Å². The number of hydrogen-bond acceptors (Lipinski definition) is 11. The van der Waals surface area contributed by atoms with Gasteiger partial charge in [0.2, 0.25) is 0 Å². The lowest BCUT2D eigenvalue weighted by Gasteiger charge is -2.41. The Labute approximate surface area is 317 Å². The van der Waals surface area contributed by atoms with Crippen molar-refractivity contribution in [2.45, 2.75) is 89.8 Å². The molecule has 284 valence electrons. The standard InChI is InChI=1S/C41H51N9O4/c1-29-15-16-36-34(24-43-50(36)37-14-6-7-23-52-37)38(29)47-20-9-13-33-35(26-47)44-40(53-28-32-12-8-19-46(32)2)45-39(33)48-21-22-49(31(25-48)17-18-42)41(51)54-27-30-10-4-3-5-11-30/h3-5,10-11,15-16,24,31-32,37H,6-9,12-14,17,19-23,25-28H2,1-2H3/t31-,32-,37?/m0/s1. The van der Waals surface area contributed by atoms with Crippen molar-refractivity contribution in [3.8, 4) is 12.1 Å². The van der Waals surface area contributed by atoms with E-state index in [2.05, 4.69) is 51.6 Å². The van der Waals surface area contributed by atoms with Crippen LogP contribution < -0.4 is 14.5 Å². The predicted molar refractivity (Wildman–Crippen MR) is 205 cm³/mol. The second-order valence-electron chi connectivity index (χ2n) is 15.1. The molecule has 0 bridgehead atoms. The molecular weight excluding hydrogens is 683 g/mol. The summed E-state index contributed by atoms with van der Waals surface area (Å²) in [6.45, 7) is 7.61. The Morgan fingerprint density at radius 2 is 1.87 bits per heavy atom. The van der Waals surface area contributed by atoms with E-state index >= 15 is 0 Å². The number of carbonyl (C=O) groups excluding carboxylic acids is 1. The lowest BCUT2D eigenvalue weighted by Crippen LogP contribution is -2.55. The van der Waals surface area contributed by atoms with Gasteiger partial charge in [0.05, 0.1) is 48.2 Å². The van der Waals surface area contributed by atoms with Gasteiger partial charge in [0.25, 0.3) is 0 Å². The van der Waals surface area contributed by atoms with Crippen molar-refractivity contribution >= 4 is 28.5 Å².